The van der Waals surface area contributed by atoms with Gasteiger partial charge >= 0.3 is 0 Å². The van der Waals surface area contributed by atoms with Gasteiger partial charge in [0, 0.05) is 24.8 Å². The first kappa shape index (κ1) is 16.1. The Hall–Kier alpha value is -2.24. The summed E-state index contributed by atoms with van der Waals surface area (Å²) in [7, 11) is 0. The van der Waals surface area contributed by atoms with Gasteiger partial charge in [-0.2, -0.15) is 4.98 Å². The lowest BCUT2D eigenvalue weighted by Crippen LogP contribution is -2.23. The van der Waals surface area contributed by atoms with Crippen LogP contribution in [0.2, 0.25) is 0 Å². The highest BCUT2D eigenvalue weighted by molar-refractivity contribution is 5.76. The monoisotopic (exact) mass is 305 g/mol. The largest absolute Gasteiger partial charge is 0.352 e. The fraction of sp³-hybridized carbons (Fsp3) is 0.438. The molecule has 6 heteroatoms. The number of aromatic nitrogens is 2. The van der Waals surface area contributed by atoms with E-state index in [0.29, 0.717) is 24.7 Å². The zero-order valence-corrected chi connectivity index (χ0v) is 13.0. The Morgan fingerprint density at radius 3 is 2.55 bits per heavy atom. The SMILES string of the molecule is CC(C)(C)c1noc(CCC(=O)NCc2ccc(F)cc2)n1. The molecule has 0 saturated carbocycles. The second kappa shape index (κ2) is 6.68. The number of carbonyl (C=O) groups is 1. The van der Waals surface area contributed by atoms with E-state index in [1.807, 2.05) is 20.8 Å². The van der Waals surface area contributed by atoms with Crippen molar-refractivity contribution in [2.45, 2.75) is 45.6 Å². The van der Waals surface area contributed by atoms with E-state index in [0.717, 1.165) is 5.56 Å². The first-order valence-corrected chi connectivity index (χ1v) is 7.19. The van der Waals surface area contributed by atoms with Gasteiger partial charge in [-0.05, 0) is 17.7 Å². The molecule has 0 fully saturated rings. The number of benzene rings is 1. The first-order valence-electron chi connectivity index (χ1n) is 7.19. The van der Waals surface area contributed by atoms with Crippen LogP contribution in [-0.4, -0.2) is 16.0 Å². The molecule has 1 N–H and O–H groups in total. The van der Waals surface area contributed by atoms with E-state index in [4.69, 9.17) is 4.52 Å². The predicted molar refractivity (Wildman–Crippen MR) is 79.6 cm³/mol. The summed E-state index contributed by atoms with van der Waals surface area (Å²) in [6.45, 7) is 6.36. The summed E-state index contributed by atoms with van der Waals surface area (Å²) in [5, 5.41) is 6.69. The highest BCUT2D eigenvalue weighted by atomic mass is 19.1. The van der Waals surface area contributed by atoms with E-state index in [-0.39, 0.29) is 23.6 Å². The van der Waals surface area contributed by atoms with Gasteiger partial charge in [-0.15, -0.1) is 0 Å². The van der Waals surface area contributed by atoms with E-state index in [1.54, 1.807) is 12.1 Å². The average Bonchev–Trinajstić information content (AvgIpc) is 2.93. The van der Waals surface area contributed by atoms with Gasteiger partial charge in [0.15, 0.2) is 5.82 Å². The molecule has 2 aromatic rings. The molecular formula is C16H20FN3O2. The molecule has 2 rings (SSSR count). The summed E-state index contributed by atoms with van der Waals surface area (Å²) in [6, 6.07) is 6.02. The zero-order valence-electron chi connectivity index (χ0n) is 13.0. The molecule has 22 heavy (non-hydrogen) atoms. The Balaban J connectivity index is 1.78. The number of nitrogens with zero attached hydrogens (tertiary/aromatic N) is 2. The van der Waals surface area contributed by atoms with Crippen LogP contribution in [0.25, 0.3) is 0 Å². The predicted octanol–water partition coefficient (Wildman–Crippen LogP) is 2.76. The fourth-order valence-electron chi connectivity index (χ4n) is 1.77. The van der Waals surface area contributed by atoms with Crippen molar-refractivity contribution in [1.29, 1.82) is 0 Å². The number of aryl methyl sites for hydroxylation is 1. The van der Waals surface area contributed by atoms with Crippen LogP contribution in [-0.2, 0) is 23.2 Å². The number of halogens is 1. The molecule has 0 aliphatic carbocycles. The fourth-order valence-corrected chi connectivity index (χ4v) is 1.77. The number of hydrogen-bond donors (Lipinski definition) is 1. The standard InChI is InChI=1S/C16H20FN3O2/c1-16(2,3)15-19-14(22-20-15)9-8-13(21)18-10-11-4-6-12(17)7-5-11/h4-7H,8-10H2,1-3H3,(H,18,21). The van der Waals surface area contributed by atoms with E-state index >= 15 is 0 Å². The van der Waals surface area contributed by atoms with E-state index in [9.17, 15) is 9.18 Å². The molecule has 118 valence electrons. The number of amides is 1. The van der Waals surface area contributed by atoms with Crippen LogP contribution < -0.4 is 5.32 Å². The first-order chi connectivity index (χ1) is 10.3. The molecule has 0 radical (unpaired) electrons. The third-order valence-electron chi connectivity index (χ3n) is 3.11. The normalized spacial score (nSPS) is 11.5. The highest BCUT2D eigenvalue weighted by Gasteiger charge is 2.21. The van der Waals surface area contributed by atoms with Gasteiger partial charge in [0.05, 0.1) is 0 Å². The van der Waals surface area contributed by atoms with Gasteiger partial charge in [0.2, 0.25) is 11.8 Å². The van der Waals surface area contributed by atoms with E-state index in [1.165, 1.54) is 12.1 Å². The molecule has 5 nitrogen and oxygen atoms in total. The summed E-state index contributed by atoms with van der Waals surface area (Å²) < 4.78 is 17.9. The van der Waals surface area contributed by atoms with Gasteiger partial charge in [0.1, 0.15) is 5.82 Å². The van der Waals surface area contributed by atoms with Crippen molar-refractivity contribution >= 4 is 5.91 Å². The van der Waals surface area contributed by atoms with Crippen LogP contribution in [0.5, 0.6) is 0 Å². The number of rotatable bonds is 5. The molecule has 1 aromatic carbocycles. The third-order valence-corrected chi connectivity index (χ3v) is 3.11. The smallest absolute Gasteiger partial charge is 0.227 e. The van der Waals surface area contributed by atoms with Crippen LogP contribution >= 0.6 is 0 Å². The minimum Gasteiger partial charge on any atom is -0.352 e. The van der Waals surface area contributed by atoms with Crippen LogP contribution in [0, 0.1) is 5.82 Å². The molecule has 0 saturated heterocycles. The highest BCUT2D eigenvalue weighted by Crippen LogP contribution is 2.18. The summed E-state index contributed by atoms with van der Waals surface area (Å²) in [6.07, 6.45) is 0.672. The lowest BCUT2D eigenvalue weighted by molar-refractivity contribution is -0.121. The lowest BCUT2D eigenvalue weighted by Gasteiger charge is -2.10. The molecule has 1 aromatic heterocycles. The maximum atomic E-state index is 12.8. The number of nitrogens with one attached hydrogen (secondary N) is 1. The Morgan fingerprint density at radius 1 is 1.27 bits per heavy atom. The molecule has 0 aliphatic heterocycles. The van der Waals surface area contributed by atoms with E-state index < -0.39 is 0 Å². The third kappa shape index (κ3) is 4.65. The number of hydrogen-bond acceptors (Lipinski definition) is 4. The van der Waals surface area contributed by atoms with Crippen molar-refractivity contribution in [1.82, 2.24) is 15.5 Å². The minimum absolute atomic E-state index is 0.111. The maximum absolute atomic E-state index is 12.8. The maximum Gasteiger partial charge on any atom is 0.227 e. The topological polar surface area (TPSA) is 68.0 Å². The summed E-state index contributed by atoms with van der Waals surface area (Å²) in [5.74, 6) is 0.692. The van der Waals surface area contributed by atoms with Gasteiger partial charge < -0.3 is 9.84 Å². The minimum atomic E-state index is -0.291. The molecular weight excluding hydrogens is 285 g/mol. The lowest BCUT2D eigenvalue weighted by atomic mass is 9.96. The van der Waals surface area contributed by atoms with E-state index in [2.05, 4.69) is 15.5 Å². The Bertz CT molecular complexity index is 630. The van der Waals surface area contributed by atoms with Gasteiger partial charge in [-0.3, -0.25) is 4.79 Å². The van der Waals surface area contributed by atoms with Crippen LogP contribution in [0.4, 0.5) is 4.39 Å². The Kier molecular flexibility index (Phi) is 4.90. The van der Waals surface area contributed by atoms with Crippen molar-refractivity contribution in [3.05, 3.63) is 47.4 Å². The van der Waals surface area contributed by atoms with Crippen molar-refractivity contribution in [2.24, 2.45) is 0 Å². The van der Waals surface area contributed by atoms with Crippen molar-refractivity contribution < 1.29 is 13.7 Å². The molecule has 0 spiro atoms. The van der Waals surface area contributed by atoms with Gasteiger partial charge in [0.25, 0.3) is 0 Å². The molecule has 1 amide bonds. The summed E-state index contributed by atoms with van der Waals surface area (Å²) >= 11 is 0. The molecule has 0 bridgehead atoms. The Labute approximate surface area is 128 Å². The van der Waals surface area contributed by atoms with Crippen molar-refractivity contribution in [3.63, 3.8) is 0 Å². The molecule has 0 unspecified atom stereocenters. The van der Waals surface area contributed by atoms with Crippen molar-refractivity contribution in [3.8, 4) is 0 Å². The molecule has 0 atom stereocenters. The second-order valence-corrected chi connectivity index (χ2v) is 6.16. The molecule has 1 heterocycles. The van der Waals surface area contributed by atoms with Gasteiger partial charge in [-0.1, -0.05) is 38.1 Å². The summed E-state index contributed by atoms with van der Waals surface area (Å²) in [5.41, 5.74) is 0.676. The zero-order chi connectivity index (χ0) is 16.2. The second-order valence-electron chi connectivity index (χ2n) is 6.16. The van der Waals surface area contributed by atoms with Crippen LogP contribution in [0.15, 0.2) is 28.8 Å². The Morgan fingerprint density at radius 2 is 1.95 bits per heavy atom. The van der Waals surface area contributed by atoms with Crippen molar-refractivity contribution in [2.75, 3.05) is 0 Å². The van der Waals surface area contributed by atoms with Crippen LogP contribution in [0.1, 0.15) is 44.5 Å². The summed E-state index contributed by atoms with van der Waals surface area (Å²) in [4.78, 5) is 16.1. The number of carbonyl (C=O) groups excluding carboxylic acids is 1. The quantitative estimate of drug-likeness (QED) is 0.922. The molecule has 0 aliphatic rings. The van der Waals surface area contributed by atoms with Gasteiger partial charge in [-0.25, -0.2) is 4.39 Å². The average molecular weight is 305 g/mol. The van der Waals surface area contributed by atoms with Crippen LogP contribution in [0.3, 0.4) is 0 Å².